The number of fused-ring (bicyclic) bond motifs is 14. The molecule has 0 fully saturated rings. The summed E-state index contributed by atoms with van der Waals surface area (Å²) in [7, 11) is 0. The highest BCUT2D eigenvalue weighted by Gasteiger charge is 2.49. The van der Waals surface area contributed by atoms with Crippen LogP contribution >= 0.6 is 0 Å². The van der Waals surface area contributed by atoms with Gasteiger partial charge in [-0.1, -0.05) is 188 Å². The Morgan fingerprint density at radius 1 is 0.309 bits per heavy atom. The number of rotatable bonds is 6. The lowest BCUT2D eigenvalue weighted by molar-refractivity contribution is 0.845. The van der Waals surface area contributed by atoms with E-state index in [2.05, 4.69) is 223 Å². The smallest absolute Gasteiger partial charge is 0.249 e. The van der Waals surface area contributed by atoms with Gasteiger partial charge in [0, 0.05) is 33.5 Å². The van der Waals surface area contributed by atoms with Crippen molar-refractivity contribution in [1.82, 2.24) is 0 Å². The van der Waals surface area contributed by atoms with Gasteiger partial charge < -0.3 is 9.80 Å². The third-order valence-electron chi connectivity index (χ3n) is 16.4. The highest BCUT2D eigenvalue weighted by Crippen LogP contribution is 2.56. The van der Waals surface area contributed by atoms with Crippen LogP contribution in [0.4, 0.5) is 34.1 Å². The Hall–Kier alpha value is -7.03. The molecular weight excluding hydrogens is 818 g/mol. The fourth-order valence-corrected chi connectivity index (χ4v) is 13.8. The molecule has 4 aliphatic rings. The molecule has 0 atom stereocenters. The number of para-hydroxylation sites is 2. The third kappa shape index (κ3) is 5.01. The van der Waals surface area contributed by atoms with Gasteiger partial charge >= 0.3 is 0 Å². The first-order valence-electron chi connectivity index (χ1n) is 25.2. The summed E-state index contributed by atoms with van der Waals surface area (Å²) < 4.78 is 0. The summed E-state index contributed by atoms with van der Waals surface area (Å²) in [4.78, 5) is 5.41. The predicted octanol–water partition coefficient (Wildman–Crippen LogP) is 13.6. The summed E-state index contributed by atoms with van der Waals surface area (Å²) in [5.41, 5.74) is 27.6. The van der Waals surface area contributed by atoms with Gasteiger partial charge in [-0.2, -0.15) is 0 Å². The molecule has 2 nitrogen and oxygen atoms in total. The summed E-state index contributed by atoms with van der Waals surface area (Å²) in [6.45, 7) is 19.7. The van der Waals surface area contributed by atoms with Crippen LogP contribution in [0.15, 0.2) is 158 Å². The lowest BCUT2D eigenvalue weighted by Gasteiger charge is -2.43. The summed E-state index contributed by atoms with van der Waals surface area (Å²) in [6, 6.07) is 60.9. The number of hydrogen-bond donors (Lipinski definition) is 0. The minimum absolute atomic E-state index is 0.0669. The predicted molar refractivity (Wildman–Crippen MR) is 296 cm³/mol. The Kier molecular flexibility index (Phi) is 8.40. The van der Waals surface area contributed by atoms with Crippen LogP contribution < -0.4 is 42.6 Å². The molecule has 0 saturated heterocycles. The minimum atomic E-state index is 0.0669. The number of nitrogens with zero attached hydrogens (tertiary/aromatic N) is 2. The van der Waals surface area contributed by atoms with Gasteiger partial charge in [-0.15, -0.1) is 0 Å². The summed E-state index contributed by atoms with van der Waals surface area (Å²) in [6.07, 6.45) is 0. The van der Waals surface area contributed by atoms with E-state index in [1.807, 2.05) is 0 Å². The SMILES string of the molecule is CC(C)c1cc(C(C)C)c2c3c(c4c(C(C)C)cc(C(C)C)c5c6c(c1c2c45)B1c2ccccc2-c2cccc(c21)N6c1ccccc1)B1c2ccccc2-c2cccc(c21)N3c1ccccc1. The van der Waals surface area contributed by atoms with Crippen molar-refractivity contribution in [3.63, 3.8) is 0 Å². The van der Waals surface area contributed by atoms with Gasteiger partial charge in [0.2, 0.25) is 13.4 Å². The molecule has 0 spiro atoms. The van der Waals surface area contributed by atoms with E-state index in [1.54, 1.807) is 0 Å². The zero-order valence-electron chi connectivity index (χ0n) is 40.4. The molecule has 4 aliphatic heterocycles. The van der Waals surface area contributed by atoms with Crippen molar-refractivity contribution in [1.29, 1.82) is 0 Å². The average molecular weight is 873 g/mol. The van der Waals surface area contributed by atoms with E-state index < -0.39 is 0 Å². The van der Waals surface area contributed by atoms with Gasteiger partial charge in [0.1, 0.15) is 0 Å². The molecule has 0 unspecified atom stereocenters. The van der Waals surface area contributed by atoms with Crippen LogP contribution in [-0.4, -0.2) is 13.4 Å². The highest BCUT2D eigenvalue weighted by molar-refractivity contribution is 7.04. The van der Waals surface area contributed by atoms with Crippen molar-refractivity contribution in [3.8, 4) is 22.3 Å². The van der Waals surface area contributed by atoms with Crippen LogP contribution in [-0.2, 0) is 0 Å². The lowest BCUT2D eigenvalue weighted by atomic mass is 9.35. The zero-order chi connectivity index (χ0) is 46.0. The summed E-state index contributed by atoms with van der Waals surface area (Å²) >= 11 is 0. The molecule has 0 aromatic heterocycles. The lowest BCUT2D eigenvalue weighted by Crippen LogP contribution is -2.56. The summed E-state index contributed by atoms with van der Waals surface area (Å²) in [5.74, 6) is 1.10. The maximum Gasteiger partial charge on any atom is 0.249 e. The monoisotopic (exact) mass is 872 g/mol. The Morgan fingerprint density at radius 2 is 0.647 bits per heavy atom. The van der Waals surface area contributed by atoms with Crippen LogP contribution in [0.3, 0.4) is 0 Å². The Morgan fingerprint density at radius 3 is 1.03 bits per heavy atom. The van der Waals surface area contributed by atoms with Crippen molar-refractivity contribution in [2.24, 2.45) is 0 Å². The molecule has 68 heavy (non-hydrogen) atoms. The van der Waals surface area contributed by atoms with Crippen molar-refractivity contribution in [3.05, 3.63) is 180 Å². The first kappa shape index (κ1) is 40.1. The second-order valence-electron chi connectivity index (χ2n) is 21.4. The molecule has 0 N–H and O–H groups in total. The molecule has 0 aliphatic carbocycles. The third-order valence-corrected chi connectivity index (χ3v) is 16.4. The molecule has 4 heterocycles. The normalized spacial score (nSPS) is 14.0. The van der Waals surface area contributed by atoms with Gasteiger partial charge in [-0.25, -0.2) is 0 Å². The second-order valence-corrected chi connectivity index (χ2v) is 21.4. The summed E-state index contributed by atoms with van der Waals surface area (Å²) in [5, 5.41) is 8.66. The van der Waals surface area contributed by atoms with Crippen molar-refractivity contribution >= 4 is 113 Å². The molecule has 0 radical (unpaired) electrons. The van der Waals surface area contributed by atoms with E-state index in [4.69, 9.17) is 0 Å². The number of benzene rings is 10. The molecule has 4 heteroatoms. The fourth-order valence-electron chi connectivity index (χ4n) is 13.8. The molecule has 0 bridgehead atoms. The van der Waals surface area contributed by atoms with Gasteiger partial charge in [-0.3, -0.25) is 0 Å². The van der Waals surface area contributed by atoms with E-state index in [1.165, 1.54) is 144 Å². The van der Waals surface area contributed by atoms with Gasteiger partial charge in [0.15, 0.2) is 0 Å². The minimum Gasteiger partial charge on any atom is -0.311 e. The Bertz CT molecular complexity index is 3440. The van der Waals surface area contributed by atoms with Crippen LogP contribution in [0.1, 0.15) is 101 Å². The van der Waals surface area contributed by atoms with Crippen LogP contribution in [0, 0.1) is 0 Å². The van der Waals surface area contributed by atoms with E-state index >= 15 is 0 Å². The first-order valence-corrected chi connectivity index (χ1v) is 25.2. The topological polar surface area (TPSA) is 6.48 Å². The maximum absolute atomic E-state index is 2.70. The zero-order valence-corrected chi connectivity index (χ0v) is 40.4. The average Bonchev–Trinajstić information content (AvgIpc) is 3.88. The fraction of sp³-hybridized carbons (Fsp3) is 0.188. The van der Waals surface area contributed by atoms with Gasteiger partial charge in [-0.05, 0) is 148 Å². The molecule has 10 aromatic carbocycles. The molecule has 14 rings (SSSR count). The van der Waals surface area contributed by atoms with Crippen molar-refractivity contribution in [2.75, 3.05) is 9.80 Å². The second kappa shape index (κ2) is 14.3. The van der Waals surface area contributed by atoms with E-state index in [9.17, 15) is 0 Å². The number of hydrogen-bond acceptors (Lipinski definition) is 2. The maximum atomic E-state index is 2.70. The highest BCUT2D eigenvalue weighted by atomic mass is 15.2. The van der Waals surface area contributed by atoms with E-state index in [0.717, 1.165) is 0 Å². The van der Waals surface area contributed by atoms with Crippen molar-refractivity contribution < 1.29 is 0 Å². The van der Waals surface area contributed by atoms with Crippen molar-refractivity contribution in [2.45, 2.75) is 79.1 Å². The standard InChI is InChI=1S/C64H54B2N2/c1-35(2)45-33-47(37(5)6)55-57-53(45)61-63(67(39-21-11-9-12-22-39)51-31-19-27-43-41-25-15-17-29-49(41)65(61)59(43)51)56-48(38(7)8)34-46(36(3)4)54(58(56)57)62-64(55)68(40-23-13-10-14-24-40)52-32-20-28-44-42-26-16-18-30-50(42)66(62)60(44)52/h9-38H,1-8H3. The molecule has 326 valence electrons. The molecule has 0 amide bonds. The molecule has 0 saturated carbocycles. The molecule has 10 aromatic rings. The van der Waals surface area contributed by atoms with Gasteiger partial charge in [0.25, 0.3) is 0 Å². The van der Waals surface area contributed by atoms with E-state index in [-0.39, 0.29) is 37.1 Å². The van der Waals surface area contributed by atoms with E-state index in [0.29, 0.717) is 0 Å². The van der Waals surface area contributed by atoms with Crippen LogP contribution in [0.2, 0.25) is 0 Å². The molecular formula is C64H54B2N2. The van der Waals surface area contributed by atoms with Crippen LogP contribution in [0.25, 0.3) is 54.6 Å². The Balaban J connectivity index is 1.33. The first-order chi connectivity index (χ1) is 33.2. The van der Waals surface area contributed by atoms with Crippen LogP contribution in [0.5, 0.6) is 0 Å². The quantitative estimate of drug-likeness (QED) is 0.121. The largest absolute Gasteiger partial charge is 0.311 e. The number of anilines is 6. The Labute approximate surface area is 401 Å². The van der Waals surface area contributed by atoms with Gasteiger partial charge in [0.05, 0.1) is 11.4 Å².